The van der Waals surface area contributed by atoms with Gasteiger partial charge in [0.05, 0.1) is 6.61 Å². The van der Waals surface area contributed by atoms with Crippen LogP contribution in [0.5, 0.6) is 0 Å². The van der Waals surface area contributed by atoms with Crippen molar-refractivity contribution in [2.45, 2.75) is 58.4 Å². The number of esters is 1. The Morgan fingerprint density at radius 3 is 2.57 bits per heavy atom. The molecule has 4 heteroatoms. The highest BCUT2D eigenvalue weighted by molar-refractivity contribution is 5.97. The maximum Gasteiger partial charge on any atom is 0.328 e. The first-order valence-electron chi connectivity index (χ1n) is 8.74. The Kier molecular flexibility index (Phi) is 6.63. The summed E-state index contributed by atoms with van der Waals surface area (Å²) >= 11 is 0. The van der Waals surface area contributed by atoms with Gasteiger partial charge in [-0.15, -0.1) is 0 Å². The van der Waals surface area contributed by atoms with Gasteiger partial charge in [-0.1, -0.05) is 32.4 Å². The SMILES string of the molecule is CCCCc1ccc(C(=O)N2CCCC2C(=O)OCCC)cc1. The first-order chi connectivity index (χ1) is 11.2. The van der Waals surface area contributed by atoms with Crippen molar-refractivity contribution in [3.05, 3.63) is 35.4 Å². The summed E-state index contributed by atoms with van der Waals surface area (Å²) in [7, 11) is 0. The zero-order valence-corrected chi connectivity index (χ0v) is 14.2. The fourth-order valence-corrected chi connectivity index (χ4v) is 2.91. The second-order valence-corrected chi connectivity index (χ2v) is 6.12. The molecule has 1 heterocycles. The van der Waals surface area contributed by atoms with E-state index in [4.69, 9.17) is 4.74 Å². The van der Waals surface area contributed by atoms with Crippen LogP contribution in [0.15, 0.2) is 24.3 Å². The van der Waals surface area contributed by atoms with E-state index in [1.54, 1.807) is 4.90 Å². The fourth-order valence-electron chi connectivity index (χ4n) is 2.91. The lowest BCUT2D eigenvalue weighted by Crippen LogP contribution is -2.41. The highest BCUT2D eigenvalue weighted by Crippen LogP contribution is 2.22. The Morgan fingerprint density at radius 1 is 1.17 bits per heavy atom. The maximum atomic E-state index is 12.7. The number of carbonyl (C=O) groups excluding carboxylic acids is 2. The van der Waals surface area contributed by atoms with Crippen molar-refractivity contribution in [3.63, 3.8) is 0 Å². The van der Waals surface area contributed by atoms with Gasteiger partial charge in [-0.05, 0) is 49.8 Å². The van der Waals surface area contributed by atoms with E-state index in [-0.39, 0.29) is 11.9 Å². The summed E-state index contributed by atoms with van der Waals surface area (Å²) in [6, 6.07) is 7.36. The van der Waals surface area contributed by atoms with Gasteiger partial charge >= 0.3 is 5.97 Å². The predicted octanol–water partition coefficient (Wildman–Crippen LogP) is 3.59. The number of unbranched alkanes of at least 4 members (excludes halogenated alkanes) is 1. The molecule has 1 aliphatic rings. The molecule has 1 fully saturated rings. The van der Waals surface area contributed by atoms with Crippen LogP contribution in [0.1, 0.15) is 61.9 Å². The molecular weight excluding hydrogens is 290 g/mol. The number of benzene rings is 1. The maximum absolute atomic E-state index is 12.7. The minimum Gasteiger partial charge on any atom is -0.464 e. The molecule has 1 aromatic rings. The molecule has 1 aliphatic heterocycles. The molecule has 126 valence electrons. The zero-order valence-electron chi connectivity index (χ0n) is 14.2. The van der Waals surface area contributed by atoms with Crippen molar-refractivity contribution in [1.29, 1.82) is 0 Å². The van der Waals surface area contributed by atoms with Crippen molar-refractivity contribution in [1.82, 2.24) is 4.90 Å². The fraction of sp³-hybridized carbons (Fsp3) is 0.579. The average Bonchev–Trinajstić information content (AvgIpc) is 3.07. The van der Waals surface area contributed by atoms with Crippen LogP contribution >= 0.6 is 0 Å². The number of likely N-dealkylation sites (tertiary alicyclic amines) is 1. The van der Waals surface area contributed by atoms with Crippen LogP contribution in [0, 0.1) is 0 Å². The van der Waals surface area contributed by atoms with Crippen molar-refractivity contribution in [2.75, 3.05) is 13.2 Å². The summed E-state index contributed by atoms with van der Waals surface area (Å²) in [6.45, 7) is 5.18. The largest absolute Gasteiger partial charge is 0.464 e. The molecule has 0 N–H and O–H groups in total. The number of rotatable bonds is 7. The average molecular weight is 317 g/mol. The molecular formula is C19H27NO3. The van der Waals surface area contributed by atoms with Crippen molar-refractivity contribution < 1.29 is 14.3 Å². The summed E-state index contributed by atoms with van der Waals surface area (Å²) in [6.07, 6.45) is 5.71. The molecule has 1 aromatic carbocycles. The quantitative estimate of drug-likeness (QED) is 0.722. The third-order valence-electron chi connectivity index (χ3n) is 4.25. The Labute approximate surface area is 138 Å². The summed E-state index contributed by atoms with van der Waals surface area (Å²) in [5.74, 6) is -0.333. The van der Waals surface area contributed by atoms with Crippen molar-refractivity contribution >= 4 is 11.9 Å². The van der Waals surface area contributed by atoms with Gasteiger partial charge in [-0.25, -0.2) is 4.79 Å². The minimum absolute atomic E-state index is 0.0667. The highest BCUT2D eigenvalue weighted by atomic mass is 16.5. The van der Waals surface area contributed by atoms with E-state index in [1.807, 2.05) is 31.2 Å². The van der Waals surface area contributed by atoms with Crippen molar-refractivity contribution in [2.24, 2.45) is 0 Å². The zero-order chi connectivity index (χ0) is 16.7. The minimum atomic E-state index is -0.422. The number of hydrogen-bond acceptors (Lipinski definition) is 3. The third kappa shape index (κ3) is 4.57. The summed E-state index contributed by atoms with van der Waals surface area (Å²) in [4.78, 5) is 26.5. The standard InChI is InChI=1S/C19H27NO3/c1-3-5-7-15-9-11-16(12-10-15)18(21)20-13-6-8-17(20)19(22)23-14-4-2/h9-12,17H,3-8,13-14H2,1-2H3. The Morgan fingerprint density at radius 2 is 1.91 bits per heavy atom. The lowest BCUT2D eigenvalue weighted by molar-refractivity contribution is -0.148. The molecule has 0 aromatic heterocycles. The topological polar surface area (TPSA) is 46.6 Å². The van der Waals surface area contributed by atoms with Crippen LogP contribution in [0.3, 0.4) is 0 Å². The molecule has 1 saturated heterocycles. The van der Waals surface area contributed by atoms with Crippen molar-refractivity contribution in [3.8, 4) is 0 Å². The molecule has 23 heavy (non-hydrogen) atoms. The normalized spacial score (nSPS) is 17.3. The van der Waals surface area contributed by atoms with E-state index in [2.05, 4.69) is 6.92 Å². The summed E-state index contributed by atoms with van der Waals surface area (Å²) < 4.78 is 5.22. The molecule has 0 spiro atoms. The van der Waals surface area contributed by atoms with E-state index < -0.39 is 6.04 Å². The van der Waals surface area contributed by atoms with Gasteiger partial charge in [0.2, 0.25) is 0 Å². The Balaban J connectivity index is 2.02. The smallest absolute Gasteiger partial charge is 0.328 e. The summed E-state index contributed by atoms with van der Waals surface area (Å²) in [5, 5.41) is 0. The number of amides is 1. The van der Waals surface area contributed by atoms with E-state index in [1.165, 1.54) is 5.56 Å². The number of ether oxygens (including phenoxy) is 1. The lowest BCUT2D eigenvalue weighted by atomic mass is 10.1. The van der Waals surface area contributed by atoms with Gasteiger partial charge in [0.1, 0.15) is 6.04 Å². The molecule has 0 radical (unpaired) electrons. The molecule has 0 saturated carbocycles. The van der Waals surface area contributed by atoms with Crippen LogP contribution < -0.4 is 0 Å². The van der Waals surface area contributed by atoms with E-state index in [9.17, 15) is 9.59 Å². The monoisotopic (exact) mass is 317 g/mol. The molecule has 1 amide bonds. The van der Waals surface area contributed by atoms with Crippen LogP contribution in [0.25, 0.3) is 0 Å². The van der Waals surface area contributed by atoms with Gasteiger partial charge in [0.25, 0.3) is 5.91 Å². The number of aryl methyl sites for hydroxylation is 1. The molecule has 0 bridgehead atoms. The summed E-state index contributed by atoms with van der Waals surface area (Å²) in [5.41, 5.74) is 1.91. The predicted molar refractivity (Wildman–Crippen MR) is 90.4 cm³/mol. The van der Waals surface area contributed by atoms with Gasteiger partial charge in [0, 0.05) is 12.1 Å². The Bertz CT molecular complexity index is 524. The lowest BCUT2D eigenvalue weighted by Gasteiger charge is -2.23. The number of carbonyl (C=O) groups is 2. The third-order valence-corrected chi connectivity index (χ3v) is 4.25. The molecule has 2 rings (SSSR count). The molecule has 0 aliphatic carbocycles. The van der Waals surface area contributed by atoms with E-state index in [0.29, 0.717) is 25.1 Å². The first-order valence-corrected chi connectivity index (χ1v) is 8.74. The van der Waals surface area contributed by atoms with Crippen LogP contribution in [0.4, 0.5) is 0 Å². The van der Waals surface area contributed by atoms with Gasteiger partial charge in [0.15, 0.2) is 0 Å². The van der Waals surface area contributed by atoms with Gasteiger partial charge < -0.3 is 9.64 Å². The van der Waals surface area contributed by atoms with Gasteiger partial charge in [-0.2, -0.15) is 0 Å². The van der Waals surface area contributed by atoms with Crippen LogP contribution in [-0.2, 0) is 16.0 Å². The molecule has 1 atom stereocenters. The molecule has 4 nitrogen and oxygen atoms in total. The van der Waals surface area contributed by atoms with E-state index in [0.717, 1.165) is 32.1 Å². The second-order valence-electron chi connectivity index (χ2n) is 6.12. The van der Waals surface area contributed by atoms with Crippen LogP contribution in [0.2, 0.25) is 0 Å². The van der Waals surface area contributed by atoms with Crippen LogP contribution in [-0.4, -0.2) is 36.0 Å². The highest BCUT2D eigenvalue weighted by Gasteiger charge is 2.35. The van der Waals surface area contributed by atoms with E-state index >= 15 is 0 Å². The first kappa shape index (κ1) is 17.5. The number of hydrogen-bond donors (Lipinski definition) is 0. The molecule has 1 unspecified atom stereocenters. The number of nitrogens with zero attached hydrogens (tertiary/aromatic N) is 1. The van der Waals surface area contributed by atoms with Gasteiger partial charge in [-0.3, -0.25) is 4.79 Å². The Hall–Kier alpha value is -1.84. The second kappa shape index (κ2) is 8.70.